The highest BCUT2D eigenvalue weighted by Crippen LogP contribution is 2.30. The van der Waals surface area contributed by atoms with Gasteiger partial charge in [-0.05, 0) is 61.4 Å². The normalized spacial score (nSPS) is 11.9. The van der Waals surface area contributed by atoms with Crippen molar-refractivity contribution in [2.24, 2.45) is 0 Å². The fraction of sp³-hybridized carbons (Fsp3) is 0.100. The molecule has 0 heterocycles. The second kappa shape index (κ2) is 8.47. The maximum Gasteiger partial charge on any atom is 0.262 e. The van der Waals surface area contributed by atoms with Crippen LogP contribution in [0.3, 0.4) is 0 Å². The smallest absolute Gasteiger partial charge is 0.262 e. The molecule has 10 heteroatoms. The van der Waals surface area contributed by atoms with Crippen molar-refractivity contribution in [3.05, 3.63) is 81.8 Å². The Kier molecular flexibility index (Phi) is 6.33. The molecule has 3 aromatic carbocycles. The Balaban J connectivity index is 1.99. The number of hydrogen-bond donors (Lipinski definition) is 2. The summed E-state index contributed by atoms with van der Waals surface area (Å²) >= 11 is 12.1. The van der Waals surface area contributed by atoms with Gasteiger partial charge in [-0.1, -0.05) is 47.5 Å². The maximum absolute atomic E-state index is 12.9. The molecule has 158 valence electrons. The molecule has 3 aromatic rings. The van der Waals surface area contributed by atoms with Crippen molar-refractivity contribution in [2.45, 2.75) is 23.6 Å². The molecule has 0 saturated carbocycles. The maximum atomic E-state index is 12.9. The van der Waals surface area contributed by atoms with Crippen molar-refractivity contribution < 1.29 is 16.8 Å². The molecule has 0 amide bonds. The molecule has 0 aliphatic carbocycles. The first-order valence-corrected chi connectivity index (χ1v) is 12.4. The third-order valence-electron chi connectivity index (χ3n) is 4.43. The SMILES string of the molecule is Cc1c(Cl)cccc1S(=O)(=O)Nc1ccccc1NS(=O)(=O)c1cccc(Cl)c1C. The standard InChI is InChI=1S/C20H18Cl2N2O4S2/c1-13-15(21)7-5-11-19(13)29(25,26)23-17-9-3-4-10-18(17)24-30(27,28)20-12-6-8-16(22)14(20)2/h3-12,23-24H,1-2H3. The zero-order valence-corrected chi connectivity index (χ0v) is 19.1. The van der Waals surface area contributed by atoms with Crippen LogP contribution in [0.15, 0.2) is 70.5 Å². The second-order valence-corrected chi connectivity index (χ2v) is 10.6. The number of nitrogens with one attached hydrogen (secondary N) is 2. The molecular formula is C20H18Cl2N2O4S2. The molecule has 0 spiro atoms. The first kappa shape index (κ1) is 22.4. The summed E-state index contributed by atoms with van der Waals surface area (Å²) in [6, 6.07) is 15.2. The summed E-state index contributed by atoms with van der Waals surface area (Å²) in [5.41, 5.74) is 0.916. The van der Waals surface area contributed by atoms with E-state index >= 15 is 0 Å². The van der Waals surface area contributed by atoms with E-state index in [1.807, 2.05) is 0 Å². The minimum atomic E-state index is -4.01. The monoisotopic (exact) mass is 484 g/mol. The van der Waals surface area contributed by atoms with Crippen LogP contribution in [0, 0.1) is 13.8 Å². The summed E-state index contributed by atoms with van der Waals surface area (Å²) in [6.45, 7) is 3.18. The van der Waals surface area contributed by atoms with Crippen molar-refractivity contribution in [1.82, 2.24) is 0 Å². The van der Waals surface area contributed by atoms with E-state index in [2.05, 4.69) is 9.44 Å². The number of hydrogen-bond acceptors (Lipinski definition) is 4. The number of anilines is 2. The van der Waals surface area contributed by atoms with E-state index in [1.165, 1.54) is 36.4 Å². The van der Waals surface area contributed by atoms with Crippen molar-refractivity contribution in [2.75, 3.05) is 9.44 Å². The van der Waals surface area contributed by atoms with E-state index in [0.29, 0.717) is 21.2 Å². The van der Waals surface area contributed by atoms with Gasteiger partial charge in [0.15, 0.2) is 0 Å². The zero-order valence-electron chi connectivity index (χ0n) is 16.0. The van der Waals surface area contributed by atoms with Gasteiger partial charge < -0.3 is 0 Å². The average molecular weight is 485 g/mol. The fourth-order valence-electron chi connectivity index (χ4n) is 2.82. The molecular weight excluding hydrogens is 467 g/mol. The van der Waals surface area contributed by atoms with Crippen molar-refractivity contribution in [3.8, 4) is 0 Å². The quantitative estimate of drug-likeness (QED) is 0.501. The third-order valence-corrected chi connectivity index (χ3v) is 8.27. The lowest BCUT2D eigenvalue weighted by Crippen LogP contribution is -2.18. The molecule has 0 aliphatic heterocycles. The molecule has 3 rings (SSSR count). The molecule has 0 saturated heterocycles. The van der Waals surface area contributed by atoms with E-state index in [1.54, 1.807) is 38.1 Å². The largest absolute Gasteiger partial charge is 0.277 e. The lowest BCUT2D eigenvalue weighted by Gasteiger charge is -2.16. The van der Waals surface area contributed by atoms with Crippen LogP contribution in [0.1, 0.15) is 11.1 Å². The van der Waals surface area contributed by atoms with Crippen LogP contribution in [-0.2, 0) is 20.0 Å². The van der Waals surface area contributed by atoms with Crippen molar-refractivity contribution >= 4 is 54.6 Å². The van der Waals surface area contributed by atoms with Crippen LogP contribution in [-0.4, -0.2) is 16.8 Å². The molecule has 0 aromatic heterocycles. The van der Waals surface area contributed by atoms with Gasteiger partial charge in [0, 0.05) is 10.0 Å². The van der Waals surface area contributed by atoms with Crippen LogP contribution in [0.5, 0.6) is 0 Å². The molecule has 0 fully saturated rings. The van der Waals surface area contributed by atoms with E-state index in [4.69, 9.17) is 23.2 Å². The number of halogens is 2. The number of para-hydroxylation sites is 2. The number of benzene rings is 3. The van der Waals surface area contributed by atoms with Gasteiger partial charge in [0.1, 0.15) is 0 Å². The van der Waals surface area contributed by atoms with Crippen molar-refractivity contribution in [3.63, 3.8) is 0 Å². The highest BCUT2D eigenvalue weighted by molar-refractivity contribution is 7.93. The van der Waals surface area contributed by atoms with Gasteiger partial charge in [-0.3, -0.25) is 9.44 Å². The first-order valence-electron chi connectivity index (χ1n) is 8.68. The molecule has 0 bridgehead atoms. The Morgan fingerprint density at radius 1 is 0.600 bits per heavy atom. The molecule has 0 radical (unpaired) electrons. The van der Waals surface area contributed by atoms with Gasteiger partial charge >= 0.3 is 0 Å². The van der Waals surface area contributed by atoms with Gasteiger partial charge in [0.05, 0.1) is 21.2 Å². The van der Waals surface area contributed by atoms with Crippen molar-refractivity contribution in [1.29, 1.82) is 0 Å². The van der Waals surface area contributed by atoms with Gasteiger partial charge in [-0.15, -0.1) is 0 Å². The van der Waals surface area contributed by atoms with Gasteiger partial charge in [0.2, 0.25) is 0 Å². The van der Waals surface area contributed by atoms with Crippen LogP contribution in [0.4, 0.5) is 11.4 Å². The molecule has 2 N–H and O–H groups in total. The second-order valence-electron chi connectivity index (χ2n) is 6.48. The highest BCUT2D eigenvalue weighted by atomic mass is 35.5. The van der Waals surface area contributed by atoms with Crippen LogP contribution in [0.2, 0.25) is 10.0 Å². The zero-order chi connectivity index (χ0) is 22.1. The Hall–Kier alpha value is -2.26. The summed E-state index contributed by atoms with van der Waals surface area (Å²) in [5.74, 6) is 0. The molecule has 0 atom stereocenters. The first-order chi connectivity index (χ1) is 14.0. The van der Waals surface area contributed by atoms with E-state index in [-0.39, 0.29) is 21.2 Å². The molecule has 0 aliphatic rings. The fourth-order valence-corrected chi connectivity index (χ4v) is 5.98. The Morgan fingerprint density at radius 3 is 1.33 bits per heavy atom. The third kappa shape index (κ3) is 4.57. The van der Waals surface area contributed by atoms with Gasteiger partial charge in [-0.2, -0.15) is 0 Å². The predicted octanol–water partition coefficient (Wildman–Crippen LogP) is 5.21. The molecule has 30 heavy (non-hydrogen) atoms. The van der Waals surface area contributed by atoms with Gasteiger partial charge in [0.25, 0.3) is 20.0 Å². The lowest BCUT2D eigenvalue weighted by molar-refractivity contribution is 0.598. The van der Waals surface area contributed by atoms with E-state index in [9.17, 15) is 16.8 Å². The van der Waals surface area contributed by atoms with Crippen LogP contribution < -0.4 is 9.44 Å². The molecule has 0 unspecified atom stereocenters. The Bertz CT molecular complexity index is 1220. The van der Waals surface area contributed by atoms with Crippen LogP contribution >= 0.6 is 23.2 Å². The summed E-state index contributed by atoms with van der Waals surface area (Å²) in [7, 11) is -8.03. The average Bonchev–Trinajstić information content (AvgIpc) is 2.67. The Morgan fingerprint density at radius 2 is 0.967 bits per heavy atom. The summed E-state index contributed by atoms with van der Waals surface area (Å²) < 4.78 is 56.5. The Labute approximate surface area is 186 Å². The molecule has 6 nitrogen and oxygen atoms in total. The summed E-state index contributed by atoms with van der Waals surface area (Å²) in [4.78, 5) is -0.00306. The minimum Gasteiger partial charge on any atom is -0.277 e. The minimum absolute atomic E-state index is 0.00153. The lowest BCUT2D eigenvalue weighted by atomic mass is 10.2. The summed E-state index contributed by atoms with van der Waals surface area (Å²) in [6.07, 6.45) is 0. The van der Waals surface area contributed by atoms with E-state index < -0.39 is 20.0 Å². The van der Waals surface area contributed by atoms with E-state index in [0.717, 1.165) is 0 Å². The van der Waals surface area contributed by atoms with Gasteiger partial charge in [-0.25, -0.2) is 16.8 Å². The highest BCUT2D eigenvalue weighted by Gasteiger charge is 2.23. The number of sulfonamides is 2. The summed E-state index contributed by atoms with van der Waals surface area (Å²) in [5, 5.41) is 0.617. The number of rotatable bonds is 6. The van der Waals surface area contributed by atoms with Crippen LogP contribution in [0.25, 0.3) is 0 Å². The predicted molar refractivity (Wildman–Crippen MR) is 120 cm³/mol. The topological polar surface area (TPSA) is 92.3 Å².